The summed E-state index contributed by atoms with van der Waals surface area (Å²) in [6.45, 7) is 0. The highest BCUT2D eigenvalue weighted by Crippen LogP contribution is 2.28. The Labute approximate surface area is 90.9 Å². The number of hydrogen-bond donors (Lipinski definition) is 4. The molecule has 6 heteroatoms. The van der Waals surface area contributed by atoms with Crippen LogP contribution in [0.2, 0.25) is 0 Å². The molecule has 0 saturated carbocycles. The molecule has 4 N–H and O–H groups in total. The summed E-state index contributed by atoms with van der Waals surface area (Å²) in [5.41, 5.74) is 0.383. The van der Waals surface area contributed by atoms with E-state index in [9.17, 15) is 14.7 Å². The molecule has 0 aliphatic carbocycles. The van der Waals surface area contributed by atoms with E-state index >= 15 is 0 Å². The molecule has 1 aliphatic heterocycles. The van der Waals surface area contributed by atoms with E-state index in [1.807, 2.05) is 0 Å². The Balaban J connectivity index is 2.36. The number of aliphatic carboxylic acids is 1. The van der Waals surface area contributed by atoms with Gasteiger partial charge in [0.1, 0.15) is 5.75 Å². The van der Waals surface area contributed by atoms with Crippen molar-refractivity contribution in [3.8, 4) is 5.75 Å². The van der Waals surface area contributed by atoms with Crippen LogP contribution in [-0.4, -0.2) is 28.3 Å². The molecule has 1 heterocycles. The average Bonchev–Trinajstić information content (AvgIpc) is 2.61. The van der Waals surface area contributed by atoms with Crippen LogP contribution in [0.15, 0.2) is 24.3 Å². The molecular formula is C10H10N2O4. The van der Waals surface area contributed by atoms with E-state index in [2.05, 4.69) is 10.6 Å². The van der Waals surface area contributed by atoms with Gasteiger partial charge in [-0.05, 0) is 6.07 Å². The number of urea groups is 1. The van der Waals surface area contributed by atoms with Crippen molar-refractivity contribution >= 4 is 12.0 Å². The Kier molecular flexibility index (Phi) is 2.40. The zero-order chi connectivity index (χ0) is 11.7. The van der Waals surface area contributed by atoms with Gasteiger partial charge in [-0.15, -0.1) is 0 Å². The lowest BCUT2D eigenvalue weighted by molar-refractivity contribution is -0.139. The first-order chi connectivity index (χ1) is 7.59. The van der Waals surface area contributed by atoms with E-state index in [-0.39, 0.29) is 5.75 Å². The number of hydrogen-bond acceptors (Lipinski definition) is 3. The topological polar surface area (TPSA) is 98.7 Å². The van der Waals surface area contributed by atoms with Crippen molar-refractivity contribution in [2.24, 2.45) is 0 Å². The van der Waals surface area contributed by atoms with Gasteiger partial charge in [-0.2, -0.15) is 0 Å². The van der Waals surface area contributed by atoms with Crippen LogP contribution >= 0.6 is 0 Å². The number of para-hydroxylation sites is 1. The summed E-state index contributed by atoms with van der Waals surface area (Å²) in [5, 5.41) is 23.2. The van der Waals surface area contributed by atoms with Gasteiger partial charge in [0.05, 0.1) is 6.04 Å². The first-order valence-corrected chi connectivity index (χ1v) is 4.67. The van der Waals surface area contributed by atoms with E-state index in [1.54, 1.807) is 18.2 Å². The number of benzene rings is 1. The number of carboxylic acids is 1. The second-order valence-electron chi connectivity index (χ2n) is 3.47. The smallest absolute Gasteiger partial charge is 0.328 e. The highest BCUT2D eigenvalue weighted by molar-refractivity contribution is 5.88. The third kappa shape index (κ3) is 1.65. The number of aromatic hydroxyl groups is 1. The van der Waals surface area contributed by atoms with E-state index in [1.165, 1.54) is 6.07 Å². The Morgan fingerprint density at radius 1 is 1.25 bits per heavy atom. The number of phenolic OH excluding ortho intramolecular Hbond substituents is 1. The van der Waals surface area contributed by atoms with Crippen LogP contribution in [0.25, 0.3) is 0 Å². The summed E-state index contributed by atoms with van der Waals surface area (Å²) in [6, 6.07) is 3.92. The molecule has 16 heavy (non-hydrogen) atoms. The van der Waals surface area contributed by atoms with Gasteiger partial charge in [0, 0.05) is 5.56 Å². The first kappa shape index (κ1) is 10.3. The van der Waals surface area contributed by atoms with Gasteiger partial charge in [-0.3, -0.25) is 0 Å². The third-order valence-electron chi connectivity index (χ3n) is 2.44. The largest absolute Gasteiger partial charge is 0.508 e. The number of carbonyl (C=O) groups is 2. The molecule has 1 aliphatic rings. The van der Waals surface area contributed by atoms with Crippen molar-refractivity contribution in [3.63, 3.8) is 0 Å². The van der Waals surface area contributed by atoms with Crippen LogP contribution in [0.5, 0.6) is 5.75 Å². The molecule has 1 fully saturated rings. The monoisotopic (exact) mass is 222 g/mol. The molecule has 6 nitrogen and oxygen atoms in total. The number of carbonyl (C=O) groups excluding carboxylic acids is 1. The van der Waals surface area contributed by atoms with Crippen molar-refractivity contribution in [1.29, 1.82) is 0 Å². The van der Waals surface area contributed by atoms with Crippen LogP contribution in [0.1, 0.15) is 11.6 Å². The van der Waals surface area contributed by atoms with E-state index in [4.69, 9.17) is 5.11 Å². The van der Waals surface area contributed by atoms with Crippen molar-refractivity contribution in [2.45, 2.75) is 12.1 Å². The maximum absolute atomic E-state index is 11.1. The molecule has 0 bridgehead atoms. The summed E-state index contributed by atoms with van der Waals surface area (Å²) < 4.78 is 0. The maximum Gasteiger partial charge on any atom is 0.328 e. The molecule has 2 atom stereocenters. The average molecular weight is 222 g/mol. The third-order valence-corrected chi connectivity index (χ3v) is 2.44. The molecule has 1 aromatic rings. The Morgan fingerprint density at radius 3 is 2.56 bits per heavy atom. The van der Waals surface area contributed by atoms with E-state index < -0.39 is 24.1 Å². The fourth-order valence-corrected chi connectivity index (χ4v) is 1.70. The minimum absolute atomic E-state index is 0.0391. The van der Waals surface area contributed by atoms with Crippen molar-refractivity contribution in [3.05, 3.63) is 29.8 Å². The predicted molar refractivity (Wildman–Crippen MR) is 53.9 cm³/mol. The molecule has 2 amide bonds. The van der Waals surface area contributed by atoms with Crippen LogP contribution < -0.4 is 10.6 Å². The Hall–Kier alpha value is -2.24. The molecule has 0 spiro atoms. The number of nitrogens with one attached hydrogen (secondary N) is 2. The van der Waals surface area contributed by atoms with Gasteiger partial charge in [0.2, 0.25) is 0 Å². The minimum Gasteiger partial charge on any atom is -0.508 e. The maximum atomic E-state index is 11.1. The van der Waals surface area contributed by atoms with Gasteiger partial charge in [-0.25, -0.2) is 9.59 Å². The molecule has 2 rings (SSSR count). The normalized spacial score (nSPS) is 23.6. The van der Waals surface area contributed by atoms with Gasteiger partial charge >= 0.3 is 12.0 Å². The number of amides is 2. The van der Waals surface area contributed by atoms with Crippen LogP contribution in [0, 0.1) is 0 Å². The SMILES string of the molecule is O=C1NC(C(=O)O)C(c2ccccc2O)N1. The Bertz CT molecular complexity index is 446. The van der Waals surface area contributed by atoms with Gasteiger partial charge in [0.25, 0.3) is 0 Å². The predicted octanol–water partition coefficient (Wildman–Crippen LogP) is 0.199. The lowest BCUT2D eigenvalue weighted by Crippen LogP contribution is -2.35. The molecule has 2 unspecified atom stereocenters. The lowest BCUT2D eigenvalue weighted by Gasteiger charge is -2.15. The van der Waals surface area contributed by atoms with Crippen molar-refractivity contribution in [2.75, 3.05) is 0 Å². The second kappa shape index (κ2) is 3.73. The zero-order valence-electron chi connectivity index (χ0n) is 8.18. The van der Waals surface area contributed by atoms with E-state index in [0.29, 0.717) is 5.56 Å². The Morgan fingerprint density at radius 2 is 1.94 bits per heavy atom. The quantitative estimate of drug-likeness (QED) is 0.574. The van der Waals surface area contributed by atoms with Crippen LogP contribution in [0.4, 0.5) is 4.79 Å². The summed E-state index contributed by atoms with van der Waals surface area (Å²) >= 11 is 0. The second-order valence-corrected chi connectivity index (χ2v) is 3.47. The van der Waals surface area contributed by atoms with Gasteiger partial charge in [0.15, 0.2) is 6.04 Å². The molecule has 1 aromatic carbocycles. The van der Waals surface area contributed by atoms with Crippen LogP contribution in [-0.2, 0) is 4.79 Å². The first-order valence-electron chi connectivity index (χ1n) is 4.67. The number of phenols is 1. The lowest BCUT2D eigenvalue weighted by atomic mass is 10.00. The standard InChI is InChI=1S/C10H10N2O4/c13-6-4-2-1-3-5(6)7-8(9(14)15)12-10(16)11-7/h1-4,7-8,13H,(H,14,15)(H2,11,12,16). The highest BCUT2D eigenvalue weighted by atomic mass is 16.4. The number of rotatable bonds is 2. The molecule has 1 saturated heterocycles. The summed E-state index contributed by atoms with van der Waals surface area (Å²) in [6.07, 6.45) is 0. The fraction of sp³-hybridized carbons (Fsp3) is 0.200. The van der Waals surface area contributed by atoms with Crippen LogP contribution in [0.3, 0.4) is 0 Å². The van der Waals surface area contributed by atoms with Crippen molar-refractivity contribution in [1.82, 2.24) is 10.6 Å². The van der Waals surface area contributed by atoms with E-state index in [0.717, 1.165) is 0 Å². The molecule has 84 valence electrons. The molecule has 0 radical (unpaired) electrons. The summed E-state index contributed by atoms with van der Waals surface area (Å²) in [5.74, 6) is -1.19. The van der Waals surface area contributed by atoms with Gasteiger partial charge < -0.3 is 20.8 Å². The highest BCUT2D eigenvalue weighted by Gasteiger charge is 2.38. The summed E-state index contributed by atoms with van der Waals surface area (Å²) in [7, 11) is 0. The van der Waals surface area contributed by atoms with Crippen molar-refractivity contribution < 1.29 is 19.8 Å². The fourth-order valence-electron chi connectivity index (χ4n) is 1.70. The summed E-state index contributed by atoms with van der Waals surface area (Å²) in [4.78, 5) is 22.0. The van der Waals surface area contributed by atoms with Gasteiger partial charge in [-0.1, -0.05) is 18.2 Å². The zero-order valence-corrected chi connectivity index (χ0v) is 8.18. The molecule has 0 aromatic heterocycles. The number of carboxylic acid groups (broad SMARTS) is 1. The molecular weight excluding hydrogens is 212 g/mol. The minimum atomic E-state index is -1.15.